The largest absolute Gasteiger partial charge is 0.508 e. The van der Waals surface area contributed by atoms with Crippen molar-refractivity contribution in [3.8, 4) is 22.6 Å². The Morgan fingerprint density at radius 3 is 2.24 bits per heavy atom. The predicted octanol–water partition coefficient (Wildman–Crippen LogP) is 7.14. The van der Waals surface area contributed by atoms with Crippen molar-refractivity contribution in [2.75, 3.05) is 7.11 Å². The molecule has 0 saturated heterocycles. The number of phenols is 1. The van der Waals surface area contributed by atoms with Crippen LogP contribution in [0.15, 0.2) is 46.7 Å². The van der Waals surface area contributed by atoms with Gasteiger partial charge in [0.05, 0.1) is 18.2 Å². The number of methoxy groups -OCH3 is 1. The summed E-state index contributed by atoms with van der Waals surface area (Å²) < 4.78 is 5.84. The molecule has 0 amide bonds. The maximum atomic E-state index is 14.7. The number of fused-ring (bicyclic) bond motifs is 3. The highest BCUT2D eigenvalue weighted by Crippen LogP contribution is 2.63. The highest BCUT2D eigenvalue weighted by molar-refractivity contribution is 6.25. The number of phenolic OH excluding ortho intramolecular Hbond substituents is 1. The number of aliphatic hydroxyl groups is 2. The summed E-state index contributed by atoms with van der Waals surface area (Å²) in [4.78, 5) is 41.1. The van der Waals surface area contributed by atoms with Gasteiger partial charge >= 0.3 is 0 Å². The molecule has 0 fully saturated rings. The molecule has 7 nitrogen and oxygen atoms in total. The van der Waals surface area contributed by atoms with Gasteiger partial charge in [-0.3, -0.25) is 14.4 Å². The van der Waals surface area contributed by atoms with E-state index in [9.17, 15) is 29.7 Å². The number of rotatable bonds is 5. The number of hydrogen-bond acceptors (Lipinski definition) is 7. The lowest BCUT2D eigenvalue weighted by Crippen LogP contribution is -2.63. The number of ether oxygens (including phenoxy) is 1. The zero-order valence-corrected chi connectivity index (χ0v) is 28.2. The monoisotopic (exact) mass is 614 g/mol. The van der Waals surface area contributed by atoms with Crippen molar-refractivity contribution in [2.45, 2.75) is 99.0 Å². The first kappa shape index (κ1) is 32.7. The number of carbonyl (C=O) groups excluding carboxylic acids is 3. The highest BCUT2D eigenvalue weighted by atomic mass is 16.5. The molecule has 0 unspecified atom stereocenters. The Kier molecular flexibility index (Phi) is 7.56. The van der Waals surface area contributed by atoms with Gasteiger partial charge in [0.25, 0.3) is 0 Å². The van der Waals surface area contributed by atoms with Crippen LogP contribution in [0.4, 0.5) is 0 Å². The van der Waals surface area contributed by atoms with E-state index in [0.29, 0.717) is 28.4 Å². The van der Waals surface area contributed by atoms with Crippen molar-refractivity contribution in [2.24, 2.45) is 16.7 Å². The number of allylic oxidation sites excluding steroid dienone is 2. The fourth-order valence-electron chi connectivity index (χ4n) is 8.47. The van der Waals surface area contributed by atoms with Crippen LogP contribution in [-0.4, -0.2) is 45.4 Å². The minimum atomic E-state index is -2.45. The molecule has 7 heteroatoms. The summed E-state index contributed by atoms with van der Waals surface area (Å²) in [5.74, 6) is -1.85. The minimum absolute atomic E-state index is 0.0572. The number of carbonyl (C=O) groups is 3. The zero-order chi connectivity index (χ0) is 33.6. The fourth-order valence-corrected chi connectivity index (χ4v) is 8.47. The highest BCUT2D eigenvalue weighted by Gasteiger charge is 2.67. The third-order valence-electron chi connectivity index (χ3n) is 10.3. The fraction of sp³-hybridized carbons (Fsp3) is 0.500. The number of aromatic hydroxyl groups is 1. The van der Waals surface area contributed by atoms with Crippen LogP contribution in [-0.2, 0) is 27.8 Å². The average Bonchev–Trinajstić information content (AvgIpc) is 2.89. The normalized spacial score (nSPS) is 26.6. The van der Waals surface area contributed by atoms with E-state index in [-0.39, 0.29) is 41.7 Å². The molecule has 0 heterocycles. The van der Waals surface area contributed by atoms with Crippen molar-refractivity contribution < 1.29 is 34.4 Å². The van der Waals surface area contributed by atoms with Crippen molar-refractivity contribution in [1.82, 2.24) is 0 Å². The average molecular weight is 615 g/mol. The van der Waals surface area contributed by atoms with Gasteiger partial charge in [-0.1, -0.05) is 60.1 Å². The summed E-state index contributed by atoms with van der Waals surface area (Å²) in [7, 11) is 1.61. The SMILES string of the molecule is COc1ccc(CC(C)C)cc1-c1cc(C(C)(C)C)c(O)c2c1C[C@]1(C)C[C@]3(C)CC(C)=C(C(C)=O)C(=O)[C@]3(O)C(O)=C1C2=O. The quantitative estimate of drug-likeness (QED) is 0.306. The molecule has 2 aromatic rings. The molecule has 45 heavy (non-hydrogen) atoms. The third-order valence-corrected chi connectivity index (χ3v) is 10.3. The Balaban J connectivity index is 1.85. The van der Waals surface area contributed by atoms with Crippen LogP contribution in [0.1, 0.15) is 102 Å². The van der Waals surface area contributed by atoms with Gasteiger partial charge in [0.2, 0.25) is 5.78 Å². The molecule has 3 aliphatic rings. The van der Waals surface area contributed by atoms with E-state index in [0.717, 1.165) is 23.1 Å². The van der Waals surface area contributed by atoms with Crippen LogP contribution in [0.3, 0.4) is 0 Å². The molecule has 0 aromatic heterocycles. The summed E-state index contributed by atoms with van der Waals surface area (Å²) in [5, 5.41) is 35.8. The molecule has 2 aromatic carbocycles. The summed E-state index contributed by atoms with van der Waals surface area (Å²) >= 11 is 0. The zero-order valence-electron chi connectivity index (χ0n) is 28.2. The van der Waals surface area contributed by atoms with E-state index < -0.39 is 45.0 Å². The Morgan fingerprint density at radius 2 is 1.69 bits per heavy atom. The lowest BCUT2D eigenvalue weighted by molar-refractivity contribution is -0.157. The molecule has 0 radical (unpaired) electrons. The van der Waals surface area contributed by atoms with Gasteiger partial charge in [0.1, 0.15) is 17.3 Å². The number of aliphatic hydroxyl groups excluding tert-OH is 1. The maximum absolute atomic E-state index is 14.7. The molecule has 0 aliphatic heterocycles. The molecule has 0 spiro atoms. The first-order valence-electron chi connectivity index (χ1n) is 15.7. The maximum Gasteiger partial charge on any atom is 0.206 e. The standard InChI is InChI=1S/C38H46O7/c1-19(2)13-22-11-12-27(45-10)24(14-22)23-15-26(35(5,6)7)31(40)29-25(23)17-36(8)18-37(9)16-20(3)28(21(4)39)33(42)38(37,44)34(43)30(36)32(29)41/h11-12,14-15,19,40,43-44H,13,16-18H2,1-10H3/t36-,37+,38+/m1/s1. The Hall–Kier alpha value is -3.71. The molecular weight excluding hydrogens is 568 g/mol. The van der Waals surface area contributed by atoms with Gasteiger partial charge in [0.15, 0.2) is 17.2 Å². The molecule has 3 aliphatic carbocycles. The van der Waals surface area contributed by atoms with E-state index >= 15 is 0 Å². The molecule has 0 saturated carbocycles. The van der Waals surface area contributed by atoms with E-state index in [1.807, 2.05) is 45.9 Å². The van der Waals surface area contributed by atoms with E-state index in [1.165, 1.54) is 6.92 Å². The molecule has 3 atom stereocenters. The second-order valence-electron chi connectivity index (χ2n) is 15.5. The minimum Gasteiger partial charge on any atom is -0.508 e. The van der Waals surface area contributed by atoms with Gasteiger partial charge in [-0.2, -0.15) is 0 Å². The Bertz CT molecular complexity index is 1730. The number of Topliss-reactive ketones (excluding diaryl/α,β-unsaturated/α-hetero) is 3. The second kappa shape index (κ2) is 10.4. The molecule has 0 bridgehead atoms. The van der Waals surface area contributed by atoms with Crippen molar-refractivity contribution in [1.29, 1.82) is 0 Å². The molecule has 5 rings (SSSR count). The van der Waals surface area contributed by atoms with Crippen LogP contribution in [0.5, 0.6) is 11.5 Å². The molecule has 3 N–H and O–H groups in total. The molecular formula is C38H46O7. The number of benzene rings is 2. The lowest BCUT2D eigenvalue weighted by Gasteiger charge is -2.56. The van der Waals surface area contributed by atoms with Crippen molar-refractivity contribution >= 4 is 17.3 Å². The lowest BCUT2D eigenvalue weighted by atomic mass is 9.47. The van der Waals surface area contributed by atoms with Crippen LogP contribution >= 0.6 is 0 Å². The van der Waals surface area contributed by atoms with Gasteiger partial charge in [-0.25, -0.2) is 0 Å². The summed E-state index contributed by atoms with van der Waals surface area (Å²) in [6, 6.07) is 8.02. The molecule has 240 valence electrons. The topological polar surface area (TPSA) is 121 Å². The van der Waals surface area contributed by atoms with Crippen molar-refractivity contribution in [3.05, 3.63) is 69.0 Å². The summed E-state index contributed by atoms with van der Waals surface area (Å²) in [5.41, 5.74) is -0.916. The predicted molar refractivity (Wildman–Crippen MR) is 174 cm³/mol. The first-order valence-corrected chi connectivity index (χ1v) is 15.7. The van der Waals surface area contributed by atoms with Crippen LogP contribution < -0.4 is 4.74 Å². The Morgan fingerprint density at radius 1 is 1.04 bits per heavy atom. The smallest absolute Gasteiger partial charge is 0.206 e. The second-order valence-corrected chi connectivity index (χ2v) is 15.5. The van der Waals surface area contributed by atoms with Gasteiger partial charge in [0, 0.05) is 27.5 Å². The summed E-state index contributed by atoms with van der Waals surface area (Å²) in [6.07, 6.45) is 1.51. The van der Waals surface area contributed by atoms with Crippen LogP contribution in [0.2, 0.25) is 0 Å². The van der Waals surface area contributed by atoms with Gasteiger partial charge < -0.3 is 20.1 Å². The number of ketones is 3. The van der Waals surface area contributed by atoms with E-state index in [2.05, 4.69) is 19.9 Å². The van der Waals surface area contributed by atoms with Crippen LogP contribution in [0, 0.1) is 16.7 Å². The Labute approximate surface area is 266 Å². The first-order chi connectivity index (χ1) is 20.7. The number of hydrogen-bond donors (Lipinski definition) is 3. The van der Waals surface area contributed by atoms with E-state index in [1.54, 1.807) is 21.0 Å². The van der Waals surface area contributed by atoms with Crippen LogP contribution in [0.25, 0.3) is 11.1 Å². The van der Waals surface area contributed by atoms with E-state index in [4.69, 9.17) is 4.74 Å². The van der Waals surface area contributed by atoms with Gasteiger partial charge in [-0.05, 0) is 85.8 Å². The summed E-state index contributed by atoms with van der Waals surface area (Å²) in [6.45, 7) is 16.7. The van der Waals surface area contributed by atoms with Crippen molar-refractivity contribution in [3.63, 3.8) is 0 Å². The third kappa shape index (κ3) is 4.68. The van der Waals surface area contributed by atoms with Gasteiger partial charge in [-0.15, -0.1) is 0 Å².